The largest absolute Gasteiger partial charge is 0.331 e. The average Bonchev–Trinajstić information content (AvgIpc) is 3.17. The summed E-state index contributed by atoms with van der Waals surface area (Å²) in [7, 11) is 0. The summed E-state index contributed by atoms with van der Waals surface area (Å²) in [6, 6.07) is 4.82. The second-order valence-corrected chi connectivity index (χ2v) is 7.74. The Hall–Kier alpha value is -3.04. The van der Waals surface area contributed by atoms with E-state index in [1.807, 2.05) is 6.92 Å². The van der Waals surface area contributed by atoms with Crippen molar-refractivity contribution in [2.24, 2.45) is 0 Å². The van der Waals surface area contributed by atoms with Gasteiger partial charge in [0, 0.05) is 29.3 Å². The van der Waals surface area contributed by atoms with E-state index in [4.69, 9.17) is 11.6 Å². The van der Waals surface area contributed by atoms with Crippen LogP contribution in [0.15, 0.2) is 45.6 Å². The minimum absolute atomic E-state index is 0.0273. The fraction of sp³-hybridized carbons (Fsp3) is 0.211. The number of fused-ring (bicyclic) bond motifs is 2. The molecular weight excluding hydrogens is 414 g/mol. The van der Waals surface area contributed by atoms with Crippen LogP contribution >= 0.6 is 22.9 Å². The Labute approximate surface area is 173 Å². The summed E-state index contributed by atoms with van der Waals surface area (Å²) in [5.41, 5.74) is -0.316. The molecule has 0 saturated heterocycles. The third-order valence-corrected chi connectivity index (χ3v) is 5.42. The van der Waals surface area contributed by atoms with Crippen LogP contribution in [0.4, 0.5) is 0 Å². The maximum absolute atomic E-state index is 13.1. The van der Waals surface area contributed by atoms with E-state index in [1.165, 1.54) is 26.8 Å². The van der Waals surface area contributed by atoms with Crippen LogP contribution in [0, 0.1) is 0 Å². The number of hydrogen-bond donors (Lipinski definition) is 1. The Kier molecular flexibility index (Phi) is 5.16. The monoisotopic (exact) mass is 429 g/mol. The molecule has 0 unspecified atom stereocenters. The van der Waals surface area contributed by atoms with Crippen LogP contribution < -0.4 is 11.1 Å². The number of halogens is 1. The zero-order chi connectivity index (χ0) is 20.5. The zero-order valence-corrected chi connectivity index (χ0v) is 17.0. The van der Waals surface area contributed by atoms with Gasteiger partial charge < -0.3 is 9.88 Å². The van der Waals surface area contributed by atoms with Crippen molar-refractivity contribution in [3.05, 3.63) is 73.1 Å². The number of carbonyl (C=O) groups excluding carboxylic acids is 1. The fourth-order valence-corrected chi connectivity index (χ4v) is 3.92. The Bertz CT molecular complexity index is 1340. The van der Waals surface area contributed by atoms with Gasteiger partial charge in [-0.1, -0.05) is 18.5 Å². The smallest absolute Gasteiger partial charge is 0.271 e. The van der Waals surface area contributed by atoms with E-state index in [-0.39, 0.29) is 17.7 Å². The zero-order valence-electron chi connectivity index (χ0n) is 15.4. The van der Waals surface area contributed by atoms with Gasteiger partial charge in [-0.25, -0.2) is 9.97 Å². The summed E-state index contributed by atoms with van der Waals surface area (Å²) < 4.78 is 1.35. The minimum atomic E-state index is -0.459. The van der Waals surface area contributed by atoms with Crippen LogP contribution in [-0.4, -0.2) is 36.7 Å². The number of thiazole rings is 1. The molecule has 0 bridgehead atoms. The Morgan fingerprint density at radius 1 is 1.34 bits per heavy atom. The lowest BCUT2D eigenvalue weighted by molar-refractivity contribution is 0.0736. The van der Waals surface area contributed by atoms with E-state index in [2.05, 4.69) is 15.0 Å². The molecule has 29 heavy (non-hydrogen) atoms. The highest BCUT2D eigenvalue weighted by molar-refractivity contribution is 7.15. The lowest BCUT2D eigenvalue weighted by Gasteiger charge is -2.21. The normalized spacial score (nSPS) is 11.2. The Morgan fingerprint density at radius 3 is 2.97 bits per heavy atom. The second kappa shape index (κ2) is 7.76. The Morgan fingerprint density at radius 2 is 2.17 bits per heavy atom. The van der Waals surface area contributed by atoms with Crippen molar-refractivity contribution in [2.75, 3.05) is 6.54 Å². The Balaban J connectivity index is 1.71. The number of nitrogens with one attached hydrogen (secondary N) is 1. The number of carbonyl (C=O) groups is 1. The molecule has 1 N–H and O–H groups in total. The van der Waals surface area contributed by atoms with Gasteiger partial charge in [-0.3, -0.25) is 18.8 Å². The van der Waals surface area contributed by atoms with Crippen LogP contribution in [0.3, 0.4) is 0 Å². The molecule has 10 heteroatoms. The molecule has 3 heterocycles. The molecule has 0 fully saturated rings. The lowest BCUT2D eigenvalue weighted by atomic mass is 10.2. The maximum atomic E-state index is 13.1. The van der Waals surface area contributed by atoms with Crippen molar-refractivity contribution in [3.8, 4) is 0 Å². The molecule has 148 valence electrons. The van der Waals surface area contributed by atoms with Crippen molar-refractivity contribution in [1.82, 2.24) is 24.3 Å². The van der Waals surface area contributed by atoms with E-state index in [9.17, 15) is 14.4 Å². The molecule has 1 amide bonds. The first-order valence-corrected chi connectivity index (χ1v) is 10.2. The topological polar surface area (TPSA) is 100 Å². The molecule has 0 saturated carbocycles. The van der Waals surface area contributed by atoms with Gasteiger partial charge in [0.25, 0.3) is 17.0 Å². The maximum Gasteiger partial charge on any atom is 0.271 e. The number of aromatic nitrogens is 4. The van der Waals surface area contributed by atoms with Crippen molar-refractivity contribution >= 4 is 44.7 Å². The van der Waals surface area contributed by atoms with Gasteiger partial charge in [-0.2, -0.15) is 0 Å². The van der Waals surface area contributed by atoms with Gasteiger partial charge in [0.1, 0.15) is 11.4 Å². The first-order chi connectivity index (χ1) is 14.0. The number of aromatic amines is 1. The summed E-state index contributed by atoms with van der Waals surface area (Å²) >= 11 is 7.32. The van der Waals surface area contributed by atoms with Gasteiger partial charge in [0.15, 0.2) is 4.96 Å². The van der Waals surface area contributed by atoms with E-state index >= 15 is 0 Å². The third kappa shape index (κ3) is 3.66. The third-order valence-electron chi connectivity index (χ3n) is 4.41. The predicted molar refractivity (Wildman–Crippen MR) is 112 cm³/mol. The highest BCUT2D eigenvalue weighted by atomic mass is 35.5. The molecule has 0 aliphatic carbocycles. The summed E-state index contributed by atoms with van der Waals surface area (Å²) in [5.74, 6) is -0.143. The van der Waals surface area contributed by atoms with Crippen molar-refractivity contribution < 1.29 is 4.79 Å². The molecule has 3 aromatic heterocycles. The SMILES string of the molecule is CCCN(Cc1nc2cc(Cl)ccc2c(=O)[nH]1)C(=O)c1cnc2sccn2c1=O. The van der Waals surface area contributed by atoms with E-state index in [0.29, 0.717) is 39.7 Å². The van der Waals surface area contributed by atoms with Crippen molar-refractivity contribution in [3.63, 3.8) is 0 Å². The molecular formula is C19H16ClN5O3S. The summed E-state index contributed by atoms with van der Waals surface area (Å²) in [6.07, 6.45) is 3.56. The standard InChI is InChI=1S/C19H16ClN5O3S/c1-2-5-24(17(27)13-9-21-19-25(18(13)28)6-7-29-19)10-15-22-14-8-11(20)3-4-12(14)16(26)23-15/h3-4,6-9H,2,5,10H2,1H3,(H,22,23,26). The van der Waals surface area contributed by atoms with Gasteiger partial charge in [-0.15, -0.1) is 11.3 Å². The average molecular weight is 430 g/mol. The molecule has 0 spiro atoms. The van der Waals surface area contributed by atoms with Crippen LogP contribution in [-0.2, 0) is 6.54 Å². The number of H-pyrrole nitrogens is 1. The first kappa shape index (κ1) is 19.3. The molecule has 8 nitrogen and oxygen atoms in total. The van der Waals surface area contributed by atoms with Crippen LogP contribution in [0.2, 0.25) is 5.02 Å². The molecule has 0 radical (unpaired) electrons. The molecule has 4 aromatic rings. The van der Waals surface area contributed by atoms with E-state index < -0.39 is 11.5 Å². The summed E-state index contributed by atoms with van der Waals surface area (Å²) in [6.45, 7) is 2.36. The molecule has 0 aliphatic heterocycles. The van der Waals surface area contributed by atoms with Crippen LogP contribution in [0.5, 0.6) is 0 Å². The quantitative estimate of drug-likeness (QED) is 0.525. The first-order valence-electron chi connectivity index (χ1n) is 8.90. The second-order valence-electron chi connectivity index (χ2n) is 6.43. The summed E-state index contributed by atoms with van der Waals surface area (Å²) in [4.78, 5) is 51.4. The number of hydrogen-bond acceptors (Lipinski definition) is 6. The predicted octanol–water partition coefficient (Wildman–Crippen LogP) is 2.70. The van der Waals surface area contributed by atoms with Crippen LogP contribution in [0.25, 0.3) is 15.9 Å². The number of benzene rings is 1. The van der Waals surface area contributed by atoms with Crippen molar-refractivity contribution in [2.45, 2.75) is 19.9 Å². The molecule has 0 atom stereocenters. The van der Waals surface area contributed by atoms with Gasteiger partial charge >= 0.3 is 0 Å². The van der Waals surface area contributed by atoms with Crippen LogP contribution in [0.1, 0.15) is 29.5 Å². The fourth-order valence-electron chi connectivity index (χ4n) is 3.08. The number of amides is 1. The van der Waals surface area contributed by atoms with E-state index in [1.54, 1.807) is 29.8 Å². The minimum Gasteiger partial charge on any atom is -0.331 e. The van der Waals surface area contributed by atoms with Gasteiger partial charge in [0.2, 0.25) is 0 Å². The molecule has 4 rings (SSSR count). The summed E-state index contributed by atoms with van der Waals surface area (Å²) in [5, 5.41) is 2.61. The van der Waals surface area contributed by atoms with Gasteiger partial charge in [-0.05, 0) is 24.6 Å². The lowest BCUT2D eigenvalue weighted by Crippen LogP contribution is -2.36. The molecule has 1 aromatic carbocycles. The highest BCUT2D eigenvalue weighted by Crippen LogP contribution is 2.15. The highest BCUT2D eigenvalue weighted by Gasteiger charge is 2.21. The van der Waals surface area contributed by atoms with Crippen molar-refractivity contribution in [1.29, 1.82) is 0 Å². The van der Waals surface area contributed by atoms with E-state index in [0.717, 1.165) is 0 Å². The number of nitrogens with zero attached hydrogens (tertiary/aromatic N) is 4. The molecule has 0 aliphatic rings. The number of rotatable bonds is 5. The van der Waals surface area contributed by atoms with Gasteiger partial charge in [0.05, 0.1) is 17.4 Å².